The van der Waals surface area contributed by atoms with Gasteiger partial charge in [0.2, 0.25) is 0 Å². The van der Waals surface area contributed by atoms with Crippen molar-refractivity contribution >= 4 is 21.6 Å². The molecule has 0 bridgehead atoms. The quantitative estimate of drug-likeness (QED) is 0.603. The molecular formula is C14H24S2. The average Bonchev–Trinajstić information content (AvgIpc) is 2.29. The van der Waals surface area contributed by atoms with Crippen LogP contribution in [0.2, 0.25) is 0 Å². The van der Waals surface area contributed by atoms with Crippen molar-refractivity contribution in [2.45, 2.75) is 57.1 Å². The minimum atomic E-state index is 0.376. The van der Waals surface area contributed by atoms with E-state index in [0.717, 1.165) is 0 Å². The van der Waals surface area contributed by atoms with Gasteiger partial charge in [-0.2, -0.15) is 0 Å². The first-order valence-corrected chi connectivity index (χ1v) is 8.11. The molecule has 16 heavy (non-hydrogen) atoms. The SMILES string of the molecule is CCC.CCC(C)(C)SSc1ccccc1. The Balaban J connectivity index is 0.000000673. The Hall–Kier alpha value is -0.0800. The van der Waals surface area contributed by atoms with Gasteiger partial charge in [-0.3, -0.25) is 0 Å². The highest BCUT2D eigenvalue weighted by atomic mass is 33.1. The molecule has 0 aromatic heterocycles. The van der Waals surface area contributed by atoms with E-state index in [1.165, 1.54) is 17.7 Å². The first-order valence-electron chi connectivity index (χ1n) is 5.96. The molecular weight excluding hydrogens is 232 g/mol. The summed E-state index contributed by atoms with van der Waals surface area (Å²) in [6.07, 6.45) is 2.46. The van der Waals surface area contributed by atoms with Gasteiger partial charge in [0.1, 0.15) is 0 Å². The summed E-state index contributed by atoms with van der Waals surface area (Å²) in [5.74, 6) is 0. The van der Waals surface area contributed by atoms with Crippen LogP contribution in [0.3, 0.4) is 0 Å². The van der Waals surface area contributed by atoms with Crippen LogP contribution >= 0.6 is 21.6 Å². The number of hydrogen-bond acceptors (Lipinski definition) is 2. The Morgan fingerprint density at radius 1 is 1.00 bits per heavy atom. The van der Waals surface area contributed by atoms with Crippen molar-refractivity contribution < 1.29 is 0 Å². The first-order chi connectivity index (χ1) is 7.55. The van der Waals surface area contributed by atoms with Gasteiger partial charge in [-0.05, 0) is 32.4 Å². The summed E-state index contributed by atoms with van der Waals surface area (Å²) in [7, 11) is 3.82. The molecule has 1 rings (SSSR count). The Morgan fingerprint density at radius 2 is 1.50 bits per heavy atom. The van der Waals surface area contributed by atoms with Crippen LogP contribution in [0, 0.1) is 0 Å². The van der Waals surface area contributed by atoms with Gasteiger partial charge in [0, 0.05) is 9.64 Å². The maximum atomic E-state index is 2.29. The third-order valence-electron chi connectivity index (χ3n) is 1.96. The lowest BCUT2D eigenvalue weighted by Gasteiger charge is -2.20. The molecule has 0 fully saturated rings. The van der Waals surface area contributed by atoms with Gasteiger partial charge in [0.05, 0.1) is 0 Å². The molecule has 0 saturated heterocycles. The lowest BCUT2D eigenvalue weighted by Crippen LogP contribution is -2.09. The molecule has 0 aliphatic rings. The Bertz CT molecular complexity index is 255. The van der Waals surface area contributed by atoms with E-state index in [9.17, 15) is 0 Å². The summed E-state index contributed by atoms with van der Waals surface area (Å²) in [5, 5.41) is 0. The molecule has 0 atom stereocenters. The van der Waals surface area contributed by atoms with Crippen molar-refractivity contribution in [1.29, 1.82) is 0 Å². The third-order valence-corrected chi connectivity index (χ3v) is 5.43. The zero-order valence-electron chi connectivity index (χ0n) is 11.1. The molecule has 0 saturated carbocycles. The minimum absolute atomic E-state index is 0.376. The molecule has 0 unspecified atom stereocenters. The van der Waals surface area contributed by atoms with Gasteiger partial charge in [0.15, 0.2) is 0 Å². The molecule has 0 spiro atoms. The Morgan fingerprint density at radius 3 is 1.94 bits per heavy atom. The summed E-state index contributed by atoms with van der Waals surface area (Å²) in [6.45, 7) is 11.1. The van der Waals surface area contributed by atoms with Crippen molar-refractivity contribution in [2.24, 2.45) is 0 Å². The highest BCUT2D eigenvalue weighted by Crippen LogP contribution is 2.41. The van der Waals surface area contributed by atoms with Crippen LogP contribution in [-0.4, -0.2) is 4.75 Å². The average molecular weight is 256 g/mol. The second-order valence-corrected chi connectivity index (χ2v) is 7.21. The van der Waals surface area contributed by atoms with E-state index in [-0.39, 0.29) is 0 Å². The molecule has 1 aromatic rings. The predicted molar refractivity (Wildman–Crippen MR) is 80.2 cm³/mol. The van der Waals surface area contributed by atoms with E-state index in [1.54, 1.807) is 0 Å². The van der Waals surface area contributed by atoms with Crippen LogP contribution in [0.1, 0.15) is 47.5 Å². The molecule has 0 nitrogen and oxygen atoms in total. The fourth-order valence-corrected chi connectivity index (χ4v) is 3.06. The molecule has 0 N–H and O–H groups in total. The fraction of sp³-hybridized carbons (Fsp3) is 0.571. The van der Waals surface area contributed by atoms with Crippen LogP contribution in [0.25, 0.3) is 0 Å². The second-order valence-electron chi connectivity index (χ2n) is 4.30. The van der Waals surface area contributed by atoms with Gasteiger partial charge in [-0.15, -0.1) is 0 Å². The van der Waals surface area contributed by atoms with Crippen LogP contribution in [0.15, 0.2) is 35.2 Å². The van der Waals surface area contributed by atoms with Crippen molar-refractivity contribution in [3.8, 4) is 0 Å². The topological polar surface area (TPSA) is 0 Å². The first kappa shape index (κ1) is 15.9. The predicted octanol–water partition coefficient (Wildman–Crippen LogP) is 6.03. The Labute approximate surface area is 109 Å². The van der Waals surface area contributed by atoms with E-state index < -0.39 is 0 Å². The summed E-state index contributed by atoms with van der Waals surface area (Å²) in [5.41, 5.74) is 0. The standard InChI is InChI=1S/C11H16S2.C3H8/c1-4-11(2,3)13-12-10-8-6-5-7-9-10;1-3-2/h5-9H,4H2,1-3H3;3H2,1-2H3. The Kier molecular flexibility index (Phi) is 8.96. The second kappa shape index (κ2) is 9.00. The molecule has 0 amide bonds. The monoisotopic (exact) mass is 256 g/mol. The van der Waals surface area contributed by atoms with Crippen LogP contribution < -0.4 is 0 Å². The lowest BCUT2D eigenvalue weighted by molar-refractivity contribution is 0.690. The van der Waals surface area contributed by atoms with Gasteiger partial charge in [0.25, 0.3) is 0 Å². The van der Waals surface area contributed by atoms with Gasteiger partial charge in [-0.25, -0.2) is 0 Å². The third kappa shape index (κ3) is 8.12. The zero-order valence-corrected chi connectivity index (χ0v) is 12.8. The summed E-state index contributed by atoms with van der Waals surface area (Å²) in [4.78, 5) is 1.34. The molecule has 0 aliphatic heterocycles. The van der Waals surface area contributed by atoms with E-state index >= 15 is 0 Å². The van der Waals surface area contributed by atoms with Crippen LogP contribution in [-0.2, 0) is 0 Å². The maximum absolute atomic E-state index is 2.29. The fourth-order valence-electron chi connectivity index (χ4n) is 0.696. The number of hydrogen-bond donors (Lipinski definition) is 0. The summed E-state index contributed by atoms with van der Waals surface area (Å²) >= 11 is 0. The summed E-state index contributed by atoms with van der Waals surface area (Å²) < 4.78 is 0.376. The van der Waals surface area contributed by atoms with Crippen molar-refractivity contribution in [2.75, 3.05) is 0 Å². The van der Waals surface area contributed by atoms with E-state index in [0.29, 0.717) is 4.75 Å². The molecule has 2 heteroatoms. The van der Waals surface area contributed by atoms with Crippen molar-refractivity contribution in [3.63, 3.8) is 0 Å². The summed E-state index contributed by atoms with van der Waals surface area (Å²) in [6, 6.07) is 10.5. The minimum Gasteiger partial charge on any atom is -0.0827 e. The normalized spacial score (nSPS) is 10.6. The molecule has 0 radical (unpaired) electrons. The largest absolute Gasteiger partial charge is 0.0827 e. The molecule has 92 valence electrons. The van der Waals surface area contributed by atoms with E-state index in [2.05, 4.69) is 65.0 Å². The van der Waals surface area contributed by atoms with Gasteiger partial charge in [-0.1, -0.05) is 67.0 Å². The van der Waals surface area contributed by atoms with E-state index in [4.69, 9.17) is 0 Å². The molecule has 0 aliphatic carbocycles. The van der Waals surface area contributed by atoms with Crippen molar-refractivity contribution in [1.82, 2.24) is 0 Å². The van der Waals surface area contributed by atoms with Gasteiger partial charge >= 0.3 is 0 Å². The lowest BCUT2D eigenvalue weighted by atomic mass is 10.1. The molecule has 1 aromatic carbocycles. The highest BCUT2D eigenvalue weighted by molar-refractivity contribution is 8.77. The maximum Gasteiger partial charge on any atom is 0.0208 e. The number of benzene rings is 1. The smallest absolute Gasteiger partial charge is 0.0208 e. The van der Waals surface area contributed by atoms with Crippen LogP contribution in [0.4, 0.5) is 0 Å². The van der Waals surface area contributed by atoms with E-state index in [1.807, 2.05) is 21.6 Å². The number of rotatable bonds is 4. The molecule has 0 heterocycles. The van der Waals surface area contributed by atoms with Gasteiger partial charge < -0.3 is 0 Å². The highest BCUT2D eigenvalue weighted by Gasteiger charge is 2.15. The van der Waals surface area contributed by atoms with Crippen LogP contribution in [0.5, 0.6) is 0 Å². The van der Waals surface area contributed by atoms with Crippen molar-refractivity contribution in [3.05, 3.63) is 30.3 Å². The zero-order chi connectivity index (χ0) is 12.4.